The van der Waals surface area contributed by atoms with E-state index in [1.807, 2.05) is 0 Å². The molecule has 0 aliphatic rings. The molecule has 2 aromatic carbocycles. The van der Waals surface area contributed by atoms with Gasteiger partial charge in [-0.25, -0.2) is 4.39 Å². The number of ketones is 1. The van der Waals surface area contributed by atoms with E-state index >= 15 is 0 Å². The third-order valence-electron chi connectivity index (χ3n) is 3.54. The average Bonchev–Trinajstić information content (AvgIpc) is 3.08. The highest BCUT2D eigenvalue weighted by Gasteiger charge is 2.13. The number of methoxy groups -OCH3 is 1. The van der Waals surface area contributed by atoms with Gasteiger partial charge in [0.1, 0.15) is 11.6 Å². The molecule has 0 atom stereocenters. The van der Waals surface area contributed by atoms with Gasteiger partial charge in [0.25, 0.3) is 0 Å². The lowest BCUT2D eigenvalue weighted by Gasteiger charge is -2.10. The third-order valence-corrected chi connectivity index (χ3v) is 4.51. The minimum Gasteiger partial charge on any atom is -0.496 e. The Bertz CT molecular complexity index is 913. The second-order valence-electron chi connectivity index (χ2n) is 5.22. The first-order valence-electron chi connectivity index (χ1n) is 7.43. The molecule has 0 unspecified atom stereocenters. The molecule has 0 radical (unpaired) electrons. The lowest BCUT2D eigenvalue weighted by molar-refractivity contribution is 0.101. The van der Waals surface area contributed by atoms with Crippen molar-refractivity contribution in [3.63, 3.8) is 0 Å². The van der Waals surface area contributed by atoms with Crippen molar-refractivity contribution in [2.24, 2.45) is 0 Å². The largest absolute Gasteiger partial charge is 0.496 e. The quantitative estimate of drug-likeness (QED) is 0.497. The molecular weight excluding hydrogens is 343 g/mol. The van der Waals surface area contributed by atoms with Crippen LogP contribution < -0.4 is 4.74 Å². The van der Waals surface area contributed by atoms with Crippen LogP contribution in [0, 0.1) is 5.82 Å². The predicted molar refractivity (Wildman–Crippen MR) is 91.7 cm³/mol. The first-order chi connectivity index (χ1) is 12.1. The molecule has 0 aliphatic heterocycles. The van der Waals surface area contributed by atoms with E-state index in [1.54, 1.807) is 37.4 Å². The van der Waals surface area contributed by atoms with Crippen molar-refractivity contribution in [3.05, 3.63) is 59.4 Å². The fourth-order valence-electron chi connectivity index (χ4n) is 2.29. The summed E-state index contributed by atoms with van der Waals surface area (Å²) < 4.78 is 20.2. The maximum atomic E-state index is 13.4. The van der Waals surface area contributed by atoms with Gasteiger partial charge in [-0.15, -0.1) is 5.10 Å². The number of carbonyl (C=O) groups excluding carboxylic acids is 1. The van der Waals surface area contributed by atoms with Crippen LogP contribution in [0.1, 0.15) is 22.8 Å². The molecule has 3 aromatic rings. The first-order valence-corrected chi connectivity index (χ1v) is 8.42. The summed E-state index contributed by atoms with van der Waals surface area (Å²) in [6.07, 6.45) is 0. The molecule has 6 nitrogen and oxygen atoms in total. The topological polar surface area (TPSA) is 69.9 Å². The van der Waals surface area contributed by atoms with Crippen molar-refractivity contribution in [1.29, 1.82) is 0 Å². The van der Waals surface area contributed by atoms with E-state index in [2.05, 4.69) is 15.5 Å². The first kappa shape index (κ1) is 17.1. The van der Waals surface area contributed by atoms with Crippen molar-refractivity contribution in [2.75, 3.05) is 7.11 Å². The molecule has 0 saturated carbocycles. The molecule has 25 heavy (non-hydrogen) atoms. The smallest absolute Gasteiger partial charge is 0.214 e. The lowest BCUT2D eigenvalue weighted by atomic mass is 10.1. The van der Waals surface area contributed by atoms with Gasteiger partial charge in [0.2, 0.25) is 5.16 Å². The van der Waals surface area contributed by atoms with Crippen LogP contribution >= 0.6 is 11.8 Å². The highest BCUT2D eigenvalue weighted by atomic mass is 32.2. The highest BCUT2D eigenvalue weighted by Crippen LogP contribution is 2.28. The van der Waals surface area contributed by atoms with Crippen LogP contribution in [0.3, 0.4) is 0 Å². The molecule has 0 N–H and O–H groups in total. The van der Waals surface area contributed by atoms with Crippen molar-refractivity contribution >= 4 is 17.5 Å². The number of thioether (sulfide) groups is 1. The van der Waals surface area contributed by atoms with Crippen LogP contribution in [0.2, 0.25) is 0 Å². The normalized spacial score (nSPS) is 10.7. The number of hydrogen-bond donors (Lipinski definition) is 0. The van der Waals surface area contributed by atoms with Gasteiger partial charge in [0.05, 0.1) is 12.8 Å². The Morgan fingerprint density at radius 1 is 1.28 bits per heavy atom. The van der Waals surface area contributed by atoms with Gasteiger partial charge in [-0.2, -0.15) is 4.68 Å². The standard InChI is InChI=1S/C17H15FN4O2S/c1-11(23)12-6-7-16(24-2)13(8-12)10-25-17-19-20-21-22(17)15-5-3-4-14(18)9-15/h3-9H,10H2,1-2H3. The molecule has 1 heterocycles. The summed E-state index contributed by atoms with van der Waals surface area (Å²) in [5, 5.41) is 12.1. The van der Waals surface area contributed by atoms with E-state index in [1.165, 1.54) is 35.5 Å². The second kappa shape index (κ2) is 7.43. The van der Waals surface area contributed by atoms with Gasteiger partial charge < -0.3 is 4.74 Å². The van der Waals surface area contributed by atoms with Crippen LogP contribution in [0.4, 0.5) is 4.39 Å². The summed E-state index contributed by atoms with van der Waals surface area (Å²) in [6, 6.07) is 11.3. The van der Waals surface area contributed by atoms with E-state index in [9.17, 15) is 9.18 Å². The third kappa shape index (κ3) is 3.85. The van der Waals surface area contributed by atoms with Crippen LogP contribution in [-0.2, 0) is 5.75 Å². The number of nitrogens with zero attached hydrogens (tertiary/aromatic N) is 4. The Hall–Kier alpha value is -2.74. The van der Waals surface area contributed by atoms with E-state index in [0.717, 1.165) is 5.56 Å². The van der Waals surface area contributed by atoms with Gasteiger partial charge >= 0.3 is 0 Å². The fraction of sp³-hybridized carbons (Fsp3) is 0.176. The molecule has 0 amide bonds. The average molecular weight is 358 g/mol. The molecule has 128 valence electrons. The number of rotatable bonds is 6. The summed E-state index contributed by atoms with van der Waals surface area (Å²) in [4.78, 5) is 11.6. The molecule has 0 aliphatic carbocycles. The summed E-state index contributed by atoms with van der Waals surface area (Å²) >= 11 is 1.37. The number of hydrogen-bond acceptors (Lipinski definition) is 6. The van der Waals surface area contributed by atoms with E-state index in [4.69, 9.17) is 4.74 Å². The molecule has 3 rings (SSSR count). The summed E-state index contributed by atoms with van der Waals surface area (Å²) in [5.74, 6) is 0.806. The number of carbonyl (C=O) groups is 1. The SMILES string of the molecule is COc1ccc(C(C)=O)cc1CSc1nnnn1-c1cccc(F)c1. The number of ether oxygens (including phenoxy) is 1. The predicted octanol–water partition coefficient (Wildman–Crippen LogP) is 3.30. The summed E-state index contributed by atoms with van der Waals surface area (Å²) in [7, 11) is 1.58. The van der Waals surface area contributed by atoms with Crippen molar-refractivity contribution in [3.8, 4) is 11.4 Å². The molecule has 8 heteroatoms. The number of benzene rings is 2. The van der Waals surface area contributed by atoms with E-state index in [-0.39, 0.29) is 11.6 Å². The number of tetrazole rings is 1. The minimum absolute atomic E-state index is 0.0153. The van der Waals surface area contributed by atoms with Crippen molar-refractivity contribution < 1.29 is 13.9 Å². The zero-order valence-electron chi connectivity index (χ0n) is 13.6. The molecule has 0 spiro atoms. The highest BCUT2D eigenvalue weighted by molar-refractivity contribution is 7.98. The maximum absolute atomic E-state index is 13.4. The molecule has 1 aromatic heterocycles. The van der Waals surface area contributed by atoms with Crippen LogP contribution in [0.5, 0.6) is 5.75 Å². The molecular formula is C17H15FN4O2S. The minimum atomic E-state index is -0.361. The van der Waals surface area contributed by atoms with Crippen LogP contribution in [-0.4, -0.2) is 33.1 Å². The zero-order valence-corrected chi connectivity index (χ0v) is 14.5. The van der Waals surface area contributed by atoms with Gasteiger partial charge in [-0.3, -0.25) is 4.79 Å². The Balaban J connectivity index is 1.85. The van der Waals surface area contributed by atoms with Crippen LogP contribution in [0.15, 0.2) is 47.6 Å². The fourth-order valence-corrected chi connectivity index (χ4v) is 3.16. The van der Waals surface area contributed by atoms with Gasteiger partial charge in [0.15, 0.2) is 5.78 Å². The monoisotopic (exact) mass is 358 g/mol. The summed E-state index contributed by atoms with van der Waals surface area (Å²) in [6.45, 7) is 1.52. The second-order valence-corrected chi connectivity index (χ2v) is 6.17. The Labute approximate surface area is 148 Å². The zero-order chi connectivity index (χ0) is 17.8. The Kier molecular flexibility index (Phi) is 5.08. The summed E-state index contributed by atoms with van der Waals surface area (Å²) in [5.41, 5.74) is 2.01. The van der Waals surface area contributed by atoms with E-state index in [0.29, 0.717) is 27.9 Å². The van der Waals surface area contributed by atoms with Gasteiger partial charge in [-0.05, 0) is 53.7 Å². The Morgan fingerprint density at radius 2 is 2.12 bits per heavy atom. The van der Waals surface area contributed by atoms with E-state index < -0.39 is 0 Å². The lowest BCUT2D eigenvalue weighted by Crippen LogP contribution is -2.00. The molecule has 0 bridgehead atoms. The van der Waals surface area contributed by atoms with Crippen molar-refractivity contribution in [1.82, 2.24) is 20.2 Å². The Morgan fingerprint density at radius 3 is 2.84 bits per heavy atom. The van der Waals surface area contributed by atoms with Gasteiger partial charge in [-0.1, -0.05) is 17.8 Å². The molecule has 0 saturated heterocycles. The van der Waals surface area contributed by atoms with Crippen LogP contribution in [0.25, 0.3) is 5.69 Å². The molecule has 0 fully saturated rings. The number of halogens is 1. The number of Topliss-reactive ketones (excluding diaryl/α,β-unsaturated/α-hetero) is 1. The number of aromatic nitrogens is 4. The maximum Gasteiger partial charge on any atom is 0.214 e. The van der Waals surface area contributed by atoms with Crippen molar-refractivity contribution in [2.45, 2.75) is 17.8 Å². The van der Waals surface area contributed by atoms with Gasteiger partial charge in [0, 0.05) is 16.9 Å².